The van der Waals surface area contributed by atoms with E-state index in [-0.39, 0.29) is 17.7 Å². The maximum atomic E-state index is 13.3. The van der Waals surface area contributed by atoms with Gasteiger partial charge >= 0.3 is 0 Å². The van der Waals surface area contributed by atoms with Crippen LogP contribution < -0.4 is 5.32 Å². The van der Waals surface area contributed by atoms with Gasteiger partial charge in [0.05, 0.1) is 5.69 Å². The molecule has 5 nitrogen and oxygen atoms in total. The second-order valence-corrected chi connectivity index (χ2v) is 5.63. The number of rotatable bonds is 3. The lowest BCUT2D eigenvalue weighted by Gasteiger charge is -2.06. The van der Waals surface area contributed by atoms with E-state index in [4.69, 9.17) is 0 Å². The first-order chi connectivity index (χ1) is 11.1. The Labute approximate surface area is 130 Å². The first kappa shape index (κ1) is 13.8. The van der Waals surface area contributed by atoms with E-state index in [9.17, 15) is 13.6 Å². The Morgan fingerprint density at radius 3 is 2.91 bits per heavy atom. The Morgan fingerprint density at radius 1 is 1.22 bits per heavy atom. The fourth-order valence-electron chi connectivity index (χ4n) is 2.73. The molecule has 0 bridgehead atoms. The van der Waals surface area contributed by atoms with E-state index >= 15 is 0 Å². The number of anilines is 1. The molecular weight excluding hydrogens is 302 g/mol. The second-order valence-electron chi connectivity index (χ2n) is 5.63. The number of benzene rings is 1. The summed E-state index contributed by atoms with van der Waals surface area (Å²) >= 11 is 0. The van der Waals surface area contributed by atoms with Gasteiger partial charge in [-0.1, -0.05) is 6.07 Å². The molecule has 0 spiro atoms. The van der Waals surface area contributed by atoms with Gasteiger partial charge in [-0.15, -0.1) is 10.2 Å². The van der Waals surface area contributed by atoms with Gasteiger partial charge in [0.2, 0.25) is 5.91 Å². The molecule has 23 heavy (non-hydrogen) atoms. The highest BCUT2D eigenvalue weighted by molar-refractivity contribution is 5.95. The van der Waals surface area contributed by atoms with Gasteiger partial charge in [-0.25, -0.2) is 8.78 Å². The van der Waals surface area contributed by atoms with Gasteiger partial charge in [0.15, 0.2) is 17.3 Å². The van der Waals surface area contributed by atoms with Crippen molar-refractivity contribution in [1.82, 2.24) is 14.6 Å². The third-order valence-electron chi connectivity index (χ3n) is 4.06. The zero-order valence-electron chi connectivity index (χ0n) is 11.9. The van der Waals surface area contributed by atoms with Crippen LogP contribution in [0.3, 0.4) is 0 Å². The van der Waals surface area contributed by atoms with Crippen LogP contribution in [0.25, 0.3) is 5.65 Å². The van der Waals surface area contributed by atoms with Gasteiger partial charge in [0.25, 0.3) is 0 Å². The summed E-state index contributed by atoms with van der Waals surface area (Å²) in [6.07, 6.45) is 3.90. The molecule has 0 unspecified atom stereocenters. The molecule has 1 aliphatic rings. The van der Waals surface area contributed by atoms with Crippen LogP contribution in [0.15, 0.2) is 42.9 Å². The highest BCUT2D eigenvalue weighted by atomic mass is 19.2. The van der Waals surface area contributed by atoms with Crippen LogP contribution in [-0.4, -0.2) is 20.5 Å². The van der Waals surface area contributed by atoms with Gasteiger partial charge < -0.3 is 5.32 Å². The normalized spacial score (nSPS) is 19.7. The Bertz CT molecular complexity index is 908. The summed E-state index contributed by atoms with van der Waals surface area (Å²) in [5.41, 5.74) is 1.98. The summed E-state index contributed by atoms with van der Waals surface area (Å²) in [4.78, 5) is 12.3. The molecule has 3 aromatic rings. The Morgan fingerprint density at radius 2 is 2.09 bits per heavy atom. The highest BCUT2D eigenvalue weighted by Crippen LogP contribution is 2.48. The van der Waals surface area contributed by atoms with Crippen molar-refractivity contribution in [3.05, 3.63) is 60.1 Å². The summed E-state index contributed by atoms with van der Waals surface area (Å²) in [5.74, 6) is -2.18. The number of nitrogens with zero attached hydrogens (tertiary/aromatic N) is 3. The first-order valence-electron chi connectivity index (χ1n) is 7.17. The van der Waals surface area contributed by atoms with E-state index in [1.54, 1.807) is 29.1 Å². The largest absolute Gasteiger partial charge is 0.325 e. The molecule has 2 atom stereocenters. The minimum absolute atomic E-state index is 0.0660. The monoisotopic (exact) mass is 314 g/mol. The van der Waals surface area contributed by atoms with Crippen molar-refractivity contribution in [1.29, 1.82) is 0 Å². The minimum Gasteiger partial charge on any atom is -0.325 e. The molecule has 0 aliphatic heterocycles. The van der Waals surface area contributed by atoms with Crippen LogP contribution in [0.1, 0.15) is 17.9 Å². The number of carbonyl (C=O) groups excluding carboxylic acids is 1. The molecule has 0 radical (unpaired) electrons. The first-order valence-corrected chi connectivity index (χ1v) is 7.17. The topological polar surface area (TPSA) is 59.3 Å². The summed E-state index contributed by atoms with van der Waals surface area (Å²) in [5, 5.41) is 10.5. The van der Waals surface area contributed by atoms with Crippen molar-refractivity contribution in [2.24, 2.45) is 5.92 Å². The van der Waals surface area contributed by atoms with E-state index in [0.29, 0.717) is 23.3 Å². The van der Waals surface area contributed by atoms with Gasteiger partial charge in [-0.05, 0) is 42.2 Å². The van der Waals surface area contributed by atoms with Crippen molar-refractivity contribution >= 4 is 17.2 Å². The van der Waals surface area contributed by atoms with Crippen molar-refractivity contribution in [2.45, 2.75) is 12.3 Å². The Hall–Kier alpha value is -2.83. The standard InChI is InChI=1S/C16H12F2N4O/c17-13-3-1-9(5-14(13)18)11-6-12(11)16(23)20-10-2-4-15-21-19-8-22(15)7-10/h1-5,7-8,11-12H,6H2,(H,20,23)/t11-,12+/m1/s1. The molecule has 1 aliphatic carbocycles. The summed E-state index contributed by atoms with van der Waals surface area (Å²) in [6, 6.07) is 7.28. The molecule has 116 valence electrons. The summed E-state index contributed by atoms with van der Waals surface area (Å²) in [7, 11) is 0. The molecule has 1 amide bonds. The Balaban J connectivity index is 1.46. The average Bonchev–Trinajstić information content (AvgIpc) is 3.21. The predicted octanol–water partition coefficient (Wildman–Crippen LogP) is 2.75. The zero-order chi connectivity index (χ0) is 16.0. The predicted molar refractivity (Wildman–Crippen MR) is 78.8 cm³/mol. The summed E-state index contributed by atoms with van der Waals surface area (Å²) in [6.45, 7) is 0. The third kappa shape index (κ3) is 2.54. The van der Waals surface area contributed by atoms with Crippen LogP contribution in [-0.2, 0) is 4.79 Å². The third-order valence-corrected chi connectivity index (χ3v) is 4.06. The molecule has 2 heterocycles. The van der Waals surface area contributed by atoms with Crippen molar-refractivity contribution in [3.8, 4) is 0 Å². The van der Waals surface area contributed by atoms with E-state index < -0.39 is 11.6 Å². The lowest BCUT2D eigenvalue weighted by atomic mass is 10.1. The number of nitrogens with one attached hydrogen (secondary N) is 1. The number of hydrogen-bond donors (Lipinski definition) is 1. The zero-order valence-corrected chi connectivity index (χ0v) is 11.9. The van der Waals surface area contributed by atoms with Gasteiger partial charge in [-0.2, -0.15) is 0 Å². The fraction of sp³-hybridized carbons (Fsp3) is 0.188. The average molecular weight is 314 g/mol. The molecule has 1 aromatic carbocycles. The molecule has 2 aromatic heterocycles. The van der Waals surface area contributed by atoms with Gasteiger partial charge in [0, 0.05) is 12.1 Å². The lowest BCUT2D eigenvalue weighted by molar-refractivity contribution is -0.117. The number of fused-ring (bicyclic) bond motifs is 1. The van der Waals surface area contributed by atoms with Gasteiger partial charge in [0.1, 0.15) is 6.33 Å². The van der Waals surface area contributed by atoms with Crippen LogP contribution in [0.5, 0.6) is 0 Å². The molecule has 0 saturated heterocycles. The smallest absolute Gasteiger partial charge is 0.228 e. The minimum atomic E-state index is -0.883. The molecule has 4 rings (SSSR count). The molecule has 1 saturated carbocycles. The molecule has 1 N–H and O–H groups in total. The maximum Gasteiger partial charge on any atom is 0.228 e. The van der Waals surface area contributed by atoms with E-state index in [1.807, 2.05) is 0 Å². The number of aromatic nitrogens is 3. The van der Waals surface area contributed by atoms with Crippen LogP contribution in [0.2, 0.25) is 0 Å². The molecule has 1 fully saturated rings. The Kier molecular flexibility index (Phi) is 3.07. The van der Waals surface area contributed by atoms with Crippen molar-refractivity contribution < 1.29 is 13.6 Å². The molecule has 7 heteroatoms. The number of halogens is 2. The number of carbonyl (C=O) groups is 1. The van der Waals surface area contributed by atoms with Crippen LogP contribution in [0.4, 0.5) is 14.5 Å². The summed E-state index contributed by atoms with van der Waals surface area (Å²) < 4.78 is 27.9. The van der Waals surface area contributed by atoms with E-state index in [0.717, 1.165) is 12.1 Å². The number of pyridine rings is 1. The van der Waals surface area contributed by atoms with Gasteiger partial charge in [-0.3, -0.25) is 9.20 Å². The second kappa shape index (κ2) is 5.12. The van der Waals surface area contributed by atoms with Crippen LogP contribution >= 0.6 is 0 Å². The number of amides is 1. The fourth-order valence-corrected chi connectivity index (χ4v) is 2.73. The van der Waals surface area contributed by atoms with Crippen molar-refractivity contribution in [3.63, 3.8) is 0 Å². The van der Waals surface area contributed by atoms with Crippen LogP contribution in [0, 0.1) is 17.6 Å². The van der Waals surface area contributed by atoms with E-state index in [1.165, 1.54) is 6.07 Å². The van der Waals surface area contributed by atoms with Crippen molar-refractivity contribution in [2.75, 3.05) is 5.32 Å². The highest BCUT2D eigenvalue weighted by Gasteiger charge is 2.44. The maximum absolute atomic E-state index is 13.3. The quantitative estimate of drug-likeness (QED) is 0.808. The SMILES string of the molecule is O=C(Nc1ccc2nncn2c1)[C@H]1C[C@@H]1c1ccc(F)c(F)c1. The lowest BCUT2D eigenvalue weighted by Crippen LogP contribution is -2.15. The number of hydrogen-bond acceptors (Lipinski definition) is 3. The molecular formula is C16H12F2N4O. The van der Waals surface area contributed by atoms with E-state index in [2.05, 4.69) is 15.5 Å².